The zero-order valence-corrected chi connectivity index (χ0v) is 18.2. The van der Waals surface area contributed by atoms with Gasteiger partial charge in [-0.25, -0.2) is 13.9 Å². The van der Waals surface area contributed by atoms with Crippen molar-refractivity contribution in [1.82, 2.24) is 19.5 Å². The number of rotatable bonds is 4. The lowest BCUT2D eigenvalue weighted by Crippen LogP contribution is -2.31. The molecule has 0 unspecified atom stereocenters. The van der Waals surface area contributed by atoms with Gasteiger partial charge < -0.3 is 11.5 Å². The predicted molar refractivity (Wildman–Crippen MR) is 125 cm³/mol. The quantitative estimate of drug-likeness (QED) is 0.471. The summed E-state index contributed by atoms with van der Waals surface area (Å²) in [5, 5.41) is 19.1. The van der Waals surface area contributed by atoms with Gasteiger partial charge in [0.2, 0.25) is 11.9 Å². The van der Waals surface area contributed by atoms with E-state index in [1.807, 2.05) is 12.1 Å². The molecule has 0 aliphatic rings. The minimum Gasteiger partial charge on any atom is -0.382 e. The van der Waals surface area contributed by atoms with E-state index in [0.29, 0.717) is 16.8 Å². The van der Waals surface area contributed by atoms with Gasteiger partial charge in [-0.1, -0.05) is 12.1 Å². The number of aryl methyl sites for hydroxylation is 1. The van der Waals surface area contributed by atoms with Gasteiger partial charge >= 0.3 is 0 Å². The first-order valence-corrected chi connectivity index (χ1v) is 10.1. The molecule has 0 bridgehead atoms. The minimum atomic E-state index is -0.685. The van der Waals surface area contributed by atoms with Crippen LogP contribution in [0.1, 0.15) is 23.6 Å². The number of aromatic nitrogens is 4. The van der Waals surface area contributed by atoms with Crippen molar-refractivity contribution in [1.29, 1.82) is 10.5 Å². The Labute approximate surface area is 193 Å². The first-order valence-electron chi connectivity index (χ1n) is 10.1. The van der Waals surface area contributed by atoms with Crippen molar-refractivity contribution in [3.63, 3.8) is 0 Å². The van der Waals surface area contributed by atoms with Gasteiger partial charge in [0.25, 0.3) is 5.56 Å². The molecule has 2 aromatic carbocycles. The summed E-state index contributed by atoms with van der Waals surface area (Å²) in [6.07, 6.45) is 0. The first kappa shape index (κ1) is 22.2. The molecule has 34 heavy (non-hydrogen) atoms. The standard InChI is InChI=1S/C23H18FN9O/c1-3-32(20-15(11-26)19(27)30-22(28)31-20)23-29-18-16(24)8-7-12(2)17(18)21(34)33(23)14-6-4-5-13(9-14)10-25/h4-9H,3H2,1-2H3,(H4,27,28,30,31). The molecular formula is C23H18FN9O. The molecule has 0 amide bonds. The Hall–Kier alpha value is -5.03. The van der Waals surface area contributed by atoms with Crippen molar-refractivity contribution in [3.8, 4) is 17.8 Å². The van der Waals surface area contributed by atoms with Gasteiger partial charge in [-0.05, 0) is 43.7 Å². The number of fused-ring (bicyclic) bond motifs is 1. The van der Waals surface area contributed by atoms with Gasteiger partial charge in [0.1, 0.15) is 28.8 Å². The highest BCUT2D eigenvalue weighted by atomic mass is 19.1. The molecule has 0 atom stereocenters. The number of halogens is 1. The van der Waals surface area contributed by atoms with Crippen LogP contribution < -0.4 is 21.9 Å². The third-order valence-corrected chi connectivity index (χ3v) is 5.26. The van der Waals surface area contributed by atoms with Crippen LogP contribution in [-0.4, -0.2) is 26.1 Å². The second-order valence-corrected chi connectivity index (χ2v) is 7.32. The van der Waals surface area contributed by atoms with Crippen molar-refractivity contribution >= 4 is 34.4 Å². The van der Waals surface area contributed by atoms with E-state index >= 15 is 0 Å². The molecule has 0 spiro atoms. The van der Waals surface area contributed by atoms with Crippen molar-refractivity contribution in [3.05, 3.63) is 69.3 Å². The van der Waals surface area contributed by atoms with Gasteiger partial charge in [0, 0.05) is 6.54 Å². The highest BCUT2D eigenvalue weighted by Gasteiger charge is 2.25. The molecule has 4 N–H and O–H groups in total. The number of hydrogen-bond acceptors (Lipinski definition) is 9. The number of hydrogen-bond donors (Lipinski definition) is 2. The second kappa shape index (κ2) is 8.48. The van der Waals surface area contributed by atoms with Crippen LogP contribution in [-0.2, 0) is 0 Å². The zero-order chi connectivity index (χ0) is 24.6. The molecule has 2 heterocycles. The van der Waals surface area contributed by atoms with E-state index in [0.717, 1.165) is 0 Å². The maximum atomic E-state index is 14.8. The molecule has 0 saturated carbocycles. The Balaban J connectivity index is 2.18. The van der Waals surface area contributed by atoms with E-state index in [1.165, 1.54) is 27.7 Å². The molecule has 4 rings (SSSR count). The van der Waals surface area contributed by atoms with Gasteiger partial charge in [-0.15, -0.1) is 0 Å². The van der Waals surface area contributed by atoms with Crippen LogP contribution >= 0.6 is 0 Å². The SMILES string of the molecule is CCN(c1nc(N)nc(N)c1C#N)c1nc2c(F)ccc(C)c2c(=O)n1-c1cccc(C#N)c1. The Morgan fingerprint density at radius 2 is 1.88 bits per heavy atom. The van der Waals surface area contributed by atoms with Crippen molar-refractivity contribution in [2.45, 2.75) is 13.8 Å². The van der Waals surface area contributed by atoms with Crippen LogP contribution in [0.3, 0.4) is 0 Å². The zero-order valence-electron chi connectivity index (χ0n) is 18.2. The summed E-state index contributed by atoms with van der Waals surface area (Å²) in [4.78, 5) is 27.7. The highest BCUT2D eigenvalue weighted by Crippen LogP contribution is 2.31. The average molecular weight is 455 g/mol. The van der Waals surface area contributed by atoms with E-state index in [-0.39, 0.29) is 46.5 Å². The topological polar surface area (TPSA) is 164 Å². The van der Waals surface area contributed by atoms with E-state index in [9.17, 15) is 19.7 Å². The minimum absolute atomic E-state index is 0.0134. The summed E-state index contributed by atoms with van der Waals surface area (Å²) in [6.45, 7) is 3.57. The van der Waals surface area contributed by atoms with Crippen LogP contribution in [0.15, 0.2) is 41.2 Å². The van der Waals surface area contributed by atoms with Crippen LogP contribution in [0.5, 0.6) is 0 Å². The normalized spacial score (nSPS) is 10.6. The van der Waals surface area contributed by atoms with E-state index < -0.39 is 11.4 Å². The second-order valence-electron chi connectivity index (χ2n) is 7.32. The number of nitrogens with two attached hydrogens (primary N) is 2. The van der Waals surface area contributed by atoms with E-state index in [1.54, 1.807) is 32.0 Å². The fourth-order valence-corrected chi connectivity index (χ4v) is 3.70. The third-order valence-electron chi connectivity index (χ3n) is 5.26. The fraction of sp³-hybridized carbons (Fsp3) is 0.130. The molecule has 10 nitrogen and oxygen atoms in total. The summed E-state index contributed by atoms with van der Waals surface area (Å²) in [5.41, 5.74) is 12.1. The van der Waals surface area contributed by atoms with Crippen LogP contribution in [0.25, 0.3) is 16.6 Å². The van der Waals surface area contributed by atoms with Gasteiger partial charge in [0.05, 0.1) is 22.7 Å². The van der Waals surface area contributed by atoms with Crippen molar-refractivity contribution < 1.29 is 4.39 Å². The van der Waals surface area contributed by atoms with Crippen molar-refractivity contribution in [2.24, 2.45) is 0 Å². The van der Waals surface area contributed by atoms with Crippen molar-refractivity contribution in [2.75, 3.05) is 22.9 Å². The number of benzene rings is 2. The van der Waals surface area contributed by atoms with Gasteiger partial charge in [-0.3, -0.25) is 9.69 Å². The molecular weight excluding hydrogens is 437 g/mol. The summed E-state index contributed by atoms with van der Waals surface area (Å²) in [7, 11) is 0. The summed E-state index contributed by atoms with van der Waals surface area (Å²) < 4.78 is 16.1. The van der Waals surface area contributed by atoms with E-state index in [4.69, 9.17) is 11.5 Å². The van der Waals surface area contributed by atoms with Crippen LogP contribution in [0, 0.1) is 35.4 Å². The fourth-order valence-electron chi connectivity index (χ4n) is 3.70. The molecule has 0 aliphatic heterocycles. The van der Waals surface area contributed by atoms with Crippen LogP contribution in [0.4, 0.5) is 27.9 Å². The average Bonchev–Trinajstić information content (AvgIpc) is 2.81. The van der Waals surface area contributed by atoms with Gasteiger partial charge in [-0.2, -0.15) is 20.5 Å². The molecule has 11 heteroatoms. The summed E-state index contributed by atoms with van der Waals surface area (Å²) in [6, 6.07) is 13.0. The molecule has 0 saturated heterocycles. The number of nitrogens with zero attached hydrogens (tertiary/aromatic N) is 7. The van der Waals surface area contributed by atoms with E-state index in [2.05, 4.69) is 15.0 Å². The Morgan fingerprint density at radius 3 is 2.56 bits per heavy atom. The lowest BCUT2D eigenvalue weighted by molar-refractivity contribution is 0.635. The molecule has 0 aliphatic carbocycles. The number of nitriles is 2. The molecule has 2 aromatic heterocycles. The third kappa shape index (κ3) is 3.51. The predicted octanol–water partition coefficient (Wildman–Crippen LogP) is 2.69. The summed E-state index contributed by atoms with van der Waals surface area (Å²) >= 11 is 0. The molecule has 168 valence electrons. The molecule has 0 fully saturated rings. The monoisotopic (exact) mass is 455 g/mol. The maximum absolute atomic E-state index is 14.8. The first-order chi connectivity index (χ1) is 16.3. The highest BCUT2D eigenvalue weighted by molar-refractivity contribution is 5.84. The largest absolute Gasteiger partial charge is 0.382 e. The summed E-state index contributed by atoms with van der Waals surface area (Å²) in [5.74, 6) is -1.04. The Morgan fingerprint density at radius 1 is 1.12 bits per heavy atom. The van der Waals surface area contributed by atoms with Gasteiger partial charge in [0.15, 0.2) is 5.82 Å². The number of nitrogen functional groups attached to an aromatic ring is 2. The smallest absolute Gasteiger partial charge is 0.267 e. The maximum Gasteiger partial charge on any atom is 0.267 e. The molecule has 0 radical (unpaired) electrons. The lowest BCUT2D eigenvalue weighted by atomic mass is 10.1. The molecule has 4 aromatic rings. The Bertz CT molecular complexity index is 1600. The number of anilines is 4. The Kier molecular flexibility index (Phi) is 5.53. The van der Waals surface area contributed by atoms with Crippen LogP contribution in [0.2, 0.25) is 0 Å². The lowest BCUT2D eigenvalue weighted by Gasteiger charge is -2.26.